The van der Waals surface area contributed by atoms with Crippen LogP contribution in [0.25, 0.3) is 0 Å². The van der Waals surface area contributed by atoms with Gasteiger partial charge in [0.2, 0.25) is 0 Å². The van der Waals surface area contributed by atoms with Crippen molar-refractivity contribution in [3.05, 3.63) is 59.7 Å². The summed E-state index contributed by atoms with van der Waals surface area (Å²) < 4.78 is 10.6. The van der Waals surface area contributed by atoms with E-state index in [1.165, 1.54) is 0 Å². The molecule has 2 aromatic carbocycles. The van der Waals surface area contributed by atoms with Crippen LogP contribution in [0.5, 0.6) is 11.5 Å². The molecular formula is C18H23NO3. The molecule has 0 aliphatic carbocycles. The fourth-order valence-electron chi connectivity index (χ4n) is 2.46. The number of aliphatic hydroxyl groups excluding tert-OH is 1. The highest BCUT2D eigenvalue weighted by Crippen LogP contribution is 2.30. The maximum atomic E-state index is 9.65. The molecule has 0 heterocycles. The van der Waals surface area contributed by atoms with Gasteiger partial charge in [0.05, 0.1) is 26.9 Å². The Morgan fingerprint density at radius 3 is 2.23 bits per heavy atom. The molecule has 2 atom stereocenters. The predicted molar refractivity (Wildman–Crippen MR) is 87.4 cm³/mol. The zero-order chi connectivity index (χ0) is 15.9. The van der Waals surface area contributed by atoms with Crippen LogP contribution in [0.1, 0.15) is 30.1 Å². The Balaban J connectivity index is 2.15. The lowest BCUT2D eigenvalue weighted by Gasteiger charge is -2.23. The molecule has 0 aromatic heterocycles. The smallest absolute Gasteiger partial charge is 0.161 e. The molecule has 0 amide bonds. The van der Waals surface area contributed by atoms with Crippen molar-refractivity contribution in [3.63, 3.8) is 0 Å². The van der Waals surface area contributed by atoms with Crippen molar-refractivity contribution in [2.24, 2.45) is 0 Å². The Morgan fingerprint density at radius 1 is 0.955 bits per heavy atom. The second-order valence-corrected chi connectivity index (χ2v) is 5.15. The zero-order valence-corrected chi connectivity index (χ0v) is 13.2. The van der Waals surface area contributed by atoms with E-state index in [1.807, 2.05) is 48.5 Å². The van der Waals surface area contributed by atoms with Crippen LogP contribution in [0.3, 0.4) is 0 Å². The molecule has 0 aliphatic rings. The summed E-state index contributed by atoms with van der Waals surface area (Å²) >= 11 is 0. The molecule has 0 radical (unpaired) electrons. The van der Waals surface area contributed by atoms with Crippen LogP contribution in [0, 0.1) is 0 Å². The number of rotatable bonds is 7. The topological polar surface area (TPSA) is 50.7 Å². The summed E-state index contributed by atoms with van der Waals surface area (Å²) in [6, 6.07) is 15.7. The zero-order valence-electron chi connectivity index (χ0n) is 13.2. The quantitative estimate of drug-likeness (QED) is 0.825. The summed E-state index contributed by atoms with van der Waals surface area (Å²) in [4.78, 5) is 0. The third-order valence-corrected chi connectivity index (χ3v) is 3.74. The maximum Gasteiger partial charge on any atom is 0.161 e. The molecule has 2 N–H and O–H groups in total. The first-order valence-corrected chi connectivity index (χ1v) is 7.33. The van der Waals surface area contributed by atoms with Gasteiger partial charge in [0, 0.05) is 6.04 Å². The Morgan fingerprint density at radius 2 is 1.64 bits per heavy atom. The fraction of sp³-hybridized carbons (Fsp3) is 0.333. The molecule has 4 heteroatoms. The molecule has 0 spiro atoms. The van der Waals surface area contributed by atoms with E-state index >= 15 is 0 Å². The van der Waals surface area contributed by atoms with Crippen LogP contribution in [-0.2, 0) is 0 Å². The molecule has 2 rings (SSSR count). The van der Waals surface area contributed by atoms with E-state index in [0.29, 0.717) is 11.5 Å². The Hall–Kier alpha value is -2.04. The molecular weight excluding hydrogens is 278 g/mol. The Kier molecular flexibility index (Phi) is 5.81. The van der Waals surface area contributed by atoms with Crippen LogP contribution in [0.4, 0.5) is 0 Å². The normalized spacial score (nSPS) is 13.5. The van der Waals surface area contributed by atoms with Gasteiger partial charge in [0.1, 0.15) is 0 Å². The Bertz CT molecular complexity index is 586. The second kappa shape index (κ2) is 7.82. The third kappa shape index (κ3) is 3.78. The average Bonchev–Trinajstić information content (AvgIpc) is 2.59. The van der Waals surface area contributed by atoms with Crippen molar-refractivity contribution in [1.82, 2.24) is 5.32 Å². The molecule has 0 saturated carbocycles. The van der Waals surface area contributed by atoms with Gasteiger partial charge < -0.3 is 19.9 Å². The van der Waals surface area contributed by atoms with E-state index in [0.717, 1.165) is 11.1 Å². The van der Waals surface area contributed by atoms with Gasteiger partial charge >= 0.3 is 0 Å². The molecule has 118 valence electrons. The van der Waals surface area contributed by atoms with Crippen molar-refractivity contribution in [1.29, 1.82) is 0 Å². The van der Waals surface area contributed by atoms with Crippen LogP contribution >= 0.6 is 0 Å². The summed E-state index contributed by atoms with van der Waals surface area (Å²) in [5.74, 6) is 1.41. The molecule has 0 saturated heterocycles. The lowest BCUT2D eigenvalue weighted by Crippen LogP contribution is -2.27. The molecule has 22 heavy (non-hydrogen) atoms. The monoisotopic (exact) mass is 301 g/mol. The van der Waals surface area contributed by atoms with Gasteiger partial charge in [-0.25, -0.2) is 0 Å². The summed E-state index contributed by atoms with van der Waals surface area (Å²) in [6.07, 6.45) is 0. The predicted octanol–water partition coefficient (Wildman–Crippen LogP) is 3.09. The van der Waals surface area contributed by atoms with Crippen LogP contribution in [-0.4, -0.2) is 25.9 Å². The van der Waals surface area contributed by atoms with E-state index in [4.69, 9.17) is 9.47 Å². The van der Waals surface area contributed by atoms with Gasteiger partial charge in [-0.2, -0.15) is 0 Å². The highest BCUT2D eigenvalue weighted by atomic mass is 16.5. The summed E-state index contributed by atoms with van der Waals surface area (Å²) in [7, 11) is 3.25. The lowest BCUT2D eigenvalue weighted by molar-refractivity contribution is 0.235. The number of aliphatic hydroxyl groups is 1. The number of benzene rings is 2. The number of hydrogen-bond acceptors (Lipinski definition) is 4. The summed E-state index contributed by atoms with van der Waals surface area (Å²) in [5.41, 5.74) is 2.14. The van der Waals surface area contributed by atoms with E-state index in [1.54, 1.807) is 14.2 Å². The maximum absolute atomic E-state index is 9.65. The number of methoxy groups -OCH3 is 2. The van der Waals surface area contributed by atoms with Gasteiger partial charge in [-0.05, 0) is 30.2 Å². The highest BCUT2D eigenvalue weighted by Gasteiger charge is 2.16. The lowest BCUT2D eigenvalue weighted by atomic mass is 10.0. The van der Waals surface area contributed by atoms with Crippen molar-refractivity contribution < 1.29 is 14.6 Å². The highest BCUT2D eigenvalue weighted by molar-refractivity contribution is 5.43. The fourth-order valence-corrected chi connectivity index (χ4v) is 2.46. The van der Waals surface area contributed by atoms with Gasteiger partial charge in [0.25, 0.3) is 0 Å². The summed E-state index contributed by atoms with van der Waals surface area (Å²) in [5, 5.41) is 13.1. The van der Waals surface area contributed by atoms with Gasteiger partial charge in [-0.1, -0.05) is 36.4 Å². The average molecular weight is 301 g/mol. The molecule has 0 fully saturated rings. The second-order valence-electron chi connectivity index (χ2n) is 5.15. The van der Waals surface area contributed by atoms with Gasteiger partial charge in [-0.3, -0.25) is 0 Å². The first kappa shape index (κ1) is 16.3. The Labute approximate surface area is 131 Å². The minimum Gasteiger partial charge on any atom is -0.493 e. The van der Waals surface area contributed by atoms with Crippen LogP contribution in [0.2, 0.25) is 0 Å². The SMILES string of the molecule is COc1ccc(C(C)NC(CO)c2ccccc2)cc1OC. The number of ether oxygens (including phenoxy) is 2. The number of nitrogens with one attached hydrogen (secondary N) is 1. The van der Waals surface area contributed by atoms with Crippen LogP contribution < -0.4 is 14.8 Å². The molecule has 2 aromatic rings. The van der Waals surface area contributed by atoms with Crippen molar-refractivity contribution in [2.75, 3.05) is 20.8 Å². The van der Waals surface area contributed by atoms with Crippen molar-refractivity contribution >= 4 is 0 Å². The molecule has 2 unspecified atom stereocenters. The van der Waals surface area contributed by atoms with Crippen LogP contribution in [0.15, 0.2) is 48.5 Å². The van der Waals surface area contributed by atoms with Gasteiger partial charge in [-0.15, -0.1) is 0 Å². The van der Waals surface area contributed by atoms with Gasteiger partial charge in [0.15, 0.2) is 11.5 Å². The number of hydrogen-bond donors (Lipinski definition) is 2. The third-order valence-electron chi connectivity index (χ3n) is 3.74. The molecule has 0 aliphatic heterocycles. The van der Waals surface area contributed by atoms with E-state index in [-0.39, 0.29) is 18.7 Å². The molecule has 0 bridgehead atoms. The van der Waals surface area contributed by atoms with Crippen molar-refractivity contribution in [2.45, 2.75) is 19.0 Å². The summed E-state index contributed by atoms with van der Waals surface area (Å²) in [6.45, 7) is 2.11. The van der Waals surface area contributed by atoms with E-state index in [2.05, 4.69) is 12.2 Å². The minimum atomic E-state index is -0.107. The molecule has 4 nitrogen and oxygen atoms in total. The van der Waals surface area contributed by atoms with E-state index in [9.17, 15) is 5.11 Å². The largest absolute Gasteiger partial charge is 0.493 e. The first-order chi connectivity index (χ1) is 10.7. The standard InChI is InChI=1S/C18H23NO3/c1-13(15-9-10-17(21-2)18(11-15)22-3)19-16(12-20)14-7-5-4-6-8-14/h4-11,13,16,19-20H,12H2,1-3H3. The minimum absolute atomic E-state index is 0.0433. The van der Waals surface area contributed by atoms with Crippen molar-refractivity contribution in [3.8, 4) is 11.5 Å². The first-order valence-electron chi connectivity index (χ1n) is 7.33. The van der Waals surface area contributed by atoms with E-state index < -0.39 is 0 Å².